The highest BCUT2D eigenvalue weighted by atomic mass is 32.2. The lowest BCUT2D eigenvalue weighted by molar-refractivity contribution is -0.121. The lowest BCUT2D eigenvalue weighted by Gasteiger charge is -2.27. The molecule has 7 aromatic rings. The first-order chi connectivity index (χ1) is 31.0. The molecule has 8 rings (SSSR count). The van der Waals surface area contributed by atoms with E-state index in [1.165, 1.54) is 11.3 Å². The van der Waals surface area contributed by atoms with Crippen LogP contribution in [-0.2, 0) is 39.1 Å². The zero-order valence-electron chi connectivity index (χ0n) is 37.2. The number of aromatic nitrogens is 4. The second-order valence-electron chi connectivity index (χ2n) is 17.2. The number of piperidine rings is 1. The van der Waals surface area contributed by atoms with Gasteiger partial charge in [0.15, 0.2) is 5.13 Å². The number of alkyl carbamates (subject to hydrolysis) is 1. The van der Waals surface area contributed by atoms with Crippen molar-refractivity contribution in [3.8, 4) is 28.0 Å². The van der Waals surface area contributed by atoms with Crippen LogP contribution in [0.3, 0.4) is 0 Å². The molecule has 1 aliphatic heterocycles. The van der Waals surface area contributed by atoms with E-state index in [4.69, 9.17) is 9.72 Å². The first-order valence-corrected chi connectivity index (χ1v) is 24.7. The number of likely N-dealkylation sites (tertiary alicyclic amines) is 1. The molecular formula is C47H53N9O6S3. The maximum atomic E-state index is 13.7. The van der Waals surface area contributed by atoms with Gasteiger partial charge in [0.1, 0.15) is 15.6 Å². The molecule has 0 bridgehead atoms. The van der Waals surface area contributed by atoms with Crippen LogP contribution in [0.1, 0.15) is 57.4 Å². The number of carbonyl (C=O) groups excluding carboxylic acids is 2. The van der Waals surface area contributed by atoms with Crippen LogP contribution >= 0.6 is 22.7 Å². The minimum Gasteiger partial charge on any atom is -0.508 e. The number of pyridine rings is 1. The number of thiophene rings is 1. The quantitative estimate of drug-likeness (QED) is 0.0698. The normalized spacial score (nSPS) is 13.9. The highest BCUT2D eigenvalue weighted by Crippen LogP contribution is 2.37. The van der Waals surface area contributed by atoms with Gasteiger partial charge in [-0.3, -0.25) is 19.2 Å². The molecule has 1 saturated heterocycles. The van der Waals surface area contributed by atoms with Gasteiger partial charge in [-0.15, -0.1) is 11.3 Å². The molecule has 0 saturated carbocycles. The molecule has 340 valence electrons. The fourth-order valence-corrected chi connectivity index (χ4v) is 11.6. The van der Waals surface area contributed by atoms with Crippen LogP contribution in [0, 0.1) is 12.8 Å². The van der Waals surface area contributed by atoms with Crippen molar-refractivity contribution in [3.63, 3.8) is 0 Å². The van der Waals surface area contributed by atoms with Crippen molar-refractivity contribution in [2.45, 2.75) is 76.8 Å². The Kier molecular flexibility index (Phi) is 13.2. The smallest absolute Gasteiger partial charge is 0.407 e. The van der Waals surface area contributed by atoms with Crippen LogP contribution in [-0.4, -0.2) is 82.5 Å². The lowest BCUT2D eigenvalue weighted by atomic mass is 9.90. The molecule has 5 N–H and O–H groups in total. The number of rotatable bonds is 14. The van der Waals surface area contributed by atoms with Crippen LogP contribution < -0.4 is 20.7 Å². The molecule has 15 nitrogen and oxygen atoms in total. The van der Waals surface area contributed by atoms with Gasteiger partial charge in [0.25, 0.3) is 10.0 Å². The second kappa shape index (κ2) is 18.8. The maximum absolute atomic E-state index is 13.7. The Morgan fingerprint density at radius 2 is 1.75 bits per heavy atom. The molecule has 1 aliphatic rings. The molecule has 4 aromatic heterocycles. The van der Waals surface area contributed by atoms with E-state index >= 15 is 0 Å². The van der Waals surface area contributed by atoms with E-state index in [0.717, 1.165) is 86.4 Å². The number of hydrogen-bond acceptors (Lipinski definition) is 13. The molecule has 18 heteroatoms. The van der Waals surface area contributed by atoms with Gasteiger partial charge in [-0.1, -0.05) is 36.5 Å². The van der Waals surface area contributed by atoms with Crippen molar-refractivity contribution in [1.82, 2.24) is 30.0 Å². The number of fused-ring (bicyclic) bond motifs is 2. The number of carbonyl (C=O) groups is 2. The molecule has 0 atom stereocenters. The van der Waals surface area contributed by atoms with E-state index in [9.17, 15) is 23.1 Å². The van der Waals surface area contributed by atoms with Gasteiger partial charge < -0.3 is 30.7 Å². The third kappa shape index (κ3) is 10.4. The predicted octanol–water partition coefficient (Wildman–Crippen LogP) is 9.23. The molecule has 5 heterocycles. The number of phenolic OH excluding ortho intramolecular Hbond substituents is 1. The molecular weight excluding hydrogens is 883 g/mol. The topological polar surface area (TPSA) is 193 Å². The van der Waals surface area contributed by atoms with E-state index in [1.54, 1.807) is 37.3 Å². The molecule has 0 radical (unpaired) electrons. The number of anilines is 3. The Morgan fingerprint density at radius 1 is 1.00 bits per heavy atom. The van der Waals surface area contributed by atoms with Gasteiger partial charge in [0, 0.05) is 51.8 Å². The van der Waals surface area contributed by atoms with Crippen molar-refractivity contribution in [2.24, 2.45) is 5.92 Å². The standard InChI is InChI=1S/C47H53N9O6S3/c1-7-35-36(25-49-38(26-50-46(59)62-47(3,4)5)42(35)29-8-12-34(57)13-9-29)31-10-15-40-32(22-31)24-51-56(40)21-18-48-39-27-63-44(28(39)2)65(60,61)54-33-11-14-37-41(23-33)64-45(52-37)53-43(58)30-16-19-55(6)20-17-30/h8-15,22-25,27,30,48,54,57H,7,16-21,26H2,1-6H3,(H,50,59)(H,52,53,58). The number of hydrogen-bond donors (Lipinski definition) is 5. The summed E-state index contributed by atoms with van der Waals surface area (Å²) in [6.45, 7) is 12.3. The first-order valence-electron chi connectivity index (χ1n) is 21.5. The van der Waals surface area contributed by atoms with Crippen molar-refractivity contribution >= 4 is 82.3 Å². The van der Waals surface area contributed by atoms with E-state index in [1.807, 2.05) is 61.4 Å². The molecule has 65 heavy (non-hydrogen) atoms. The fraction of sp³-hybridized carbons (Fsp3) is 0.340. The Hall–Kier alpha value is -6.08. The fourth-order valence-electron chi connectivity index (χ4n) is 8.07. The number of benzene rings is 3. The number of thiazole rings is 1. The summed E-state index contributed by atoms with van der Waals surface area (Å²) in [5, 5.41) is 27.2. The zero-order chi connectivity index (χ0) is 46.0. The molecule has 0 spiro atoms. The summed E-state index contributed by atoms with van der Waals surface area (Å²) < 4.78 is 38.4. The van der Waals surface area contributed by atoms with Crippen LogP contribution in [0.15, 0.2) is 82.6 Å². The van der Waals surface area contributed by atoms with Crippen molar-refractivity contribution in [1.29, 1.82) is 0 Å². The van der Waals surface area contributed by atoms with Crippen molar-refractivity contribution < 1.29 is 27.9 Å². The summed E-state index contributed by atoms with van der Waals surface area (Å²) in [7, 11) is -1.84. The molecule has 2 amide bonds. The Labute approximate surface area is 386 Å². The number of nitrogens with one attached hydrogen (secondary N) is 4. The van der Waals surface area contributed by atoms with Crippen LogP contribution in [0.25, 0.3) is 43.4 Å². The monoisotopic (exact) mass is 935 g/mol. The number of sulfonamides is 1. The summed E-state index contributed by atoms with van der Waals surface area (Å²) in [4.78, 5) is 37.1. The van der Waals surface area contributed by atoms with E-state index in [-0.39, 0.29) is 28.3 Å². The minimum absolute atomic E-state index is 0.0268. The summed E-state index contributed by atoms with van der Waals surface area (Å²) in [5.74, 6) is 0.0822. The maximum Gasteiger partial charge on any atom is 0.407 e. The molecule has 1 fully saturated rings. The Bertz CT molecular complexity index is 2980. The first kappa shape index (κ1) is 45.5. The second-order valence-corrected chi connectivity index (χ2v) is 21.0. The number of phenols is 1. The van der Waals surface area contributed by atoms with Gasteiger partial charge in [-0.2, -0.15) is 5.10 Å². The summed E-state index contributed by atoms with van der Waals surface area (Å²) in [5.41, 5.74) is 8.13. The third-order valence-electron chi connectivity index (χ3n) is 11.4. The van der Waals surface area contributed by atoms with Crippen LogP contribution in [0.5, 0.6) is 5.75 Å². The minimum atomic E-state index is -3.90. The van der Waals surface area contributed by atoms with Gasteiger partial charge >= 0.3 is 6.09 Å². The summed E-state index contributed by atoms with van der Waals surface area (Å²) in [6.07, 6.45) is 5.44. The van der Waals surface area contributed by atoms with Gasteiger partial charge in [-0.05, 0) is 126 Å². The average molecular weight is 936 g/mol. The van der Waals surface area contributed by atoms with Crippen LogP contribution in [0.4, 0.5) is 21.3 Å². The van der Waals surface area contributed by atoms with Gasteiger partial charge in [0.05, 0.1) is 46.4 Å². The number of aromatic hydroxyl groups is 1. The third-order valence-corrected chi connectivity index (χ3v) is 15.4. The Morgan fingerprint density at radius 3 is 2.49 bits per heavy atom. The molecule has 3 aromatic carbocycles. The summed E-state index contributed by atoms with van der Waals surface area (Å²) >= 11 is 2.47. The highest BCUT2D eigenvalue weighted by molar-refractivity contribution is 7.94. The molecule has 0 unspecified atom stereocenters. The van der Waals surface area contributed by atoms with E-state index in [0.29, 0.717) is 47.1 Å². The molecule has 0 aliphatic carbocycles. The zero-order valence-corrected chi connectivity index (χ0v) is 39.6. The van der Waals surface area contributed by atoms with E-state index < -0.39 is 21.7 Å². The number of amides is 2. The van der Waals surface area contributed by atoms with E-state index in [2.05, 4.69) is 61.8 Å². The Balaban J connectivity index is 0.929. The van der Waals surface area contributed by atoms with Gasteiger partial charge in [-0.25, -0.2) is 18.2 Å². The average Bonchev–Trinajstić information content (AvgIpc) is 3.98. The largest absolute Gasteiger partial charge is 0.508 e. The lowest BCUT2D eigenvalue weighted by Crippen LogP contribution is -2.35. The van der Waals surface area contributed by atoms with Crippen molar-refractivity contribution in [3.05, 3.63) is 95.3 Å². The summed E-state index contributed by atoms with van der Waals surface area (Å²) in [6, 6.07) is 18.3. The predicted molar refractivity (Wildman–Crippen MR) is 259 cm³/mol. The van der Waals surface area contributed by atoms with Gasteiger partial charge in [0.2, 0.25) is 5.91 Å². The number of nitrogens with zero attached hydrogens (tertiary/aromatic N) is 5. The van der Waals surface area contributed by atoms with Crippen molar-refractivity contribution in [2.75, 3.05) is 42.0 Å². The van der Waals surface area contributed by atoms with Crippen LogP contribution in [0.2, 0.25) is 0 Å². The highest BCUT2D eigenvalue weighted by Gasteiger charge is 2.26. The SMILES string of the molecule is CCc1c(-c2ccc3c(cnn3CCNc3csc(S(=O)(=O)Nc4ccc5nc(NC(=O)C6CCN(C)CC6)sc5c4)c3C)c2)cnc(CNC(=O)OC(C)(C)C)c1-c1ccc(O)cc1. The number of ether oxygens (including phenoxy) is 1.